The lowest BCUT2D eigenvalue weighted by molar-refractivity contribution is 0.158. The zero-order chi connectivity index (χ0) is 22.4. The number of ether oxygens (including phenoxy) is 1. The lowest BCUT2D eigenvalue weighted by Gasteiger charge is -2.21. The van der Waals surface area contributed by atoms with E-state index in [1.165, 1.54) is 14.2 Å². The number of fused-ring (bicyclic) bond motifs is 1. The summed E-state index contributed by atoms with van der Waals surface area (Å²) in [5, 5.41) is 4.19. The van der Waals surface area contributed by atoms with Crippen LogP contribution in [0.15, 0.2) is 60.3 Å². The van der Waals surface area contributed by atoms with Gasteiger partial charge in [-0.05, 0) is 74.9 Å². The average Bonchev–Trinajstić information content (AvgIpc) is 3.34. The Bertz CT molecular complexity index is 1090. The number of pyridine rings is 1. The molecular weight excluding hydrogens is 428 g/mol. The van der Waals surface area contributed by atoms with E-state index < -0.39 is 10.2 Å². The van der Waals surface area contributed by atoms with Crippen molar-refractivity contribution in [2.24, 2.45) is 5.16 Å². The first-order chi connectivity index (χ1) is 15.6. The van der Waals surface area contributed by atoms with Crippen molar-refractivity contribution in [1.29, 1.82) is 0 Å². The first-order valence-corrected chi connectivity index (χ1v) is 12.3. The van der Waals surface area contributed by atoms with Crippen molar-refractivity contribution in [2.75, 3.05) is 24.1 Å². The maximum Gasteiger partial charge on any atom is 0.329 e. The molecule has 0 fully saturated rings. The Morgan fingerprint density at radius 3 is 2.72 bits per heavy atom. The van der Waals surface area contributed by atoms with E-state index in [9.17, 15) is 8.42 Å². The highest BCUT2D eigenvalue weighted by Gasteiger charge is 2.31. The summed E-state index contributed by atoms with van der Waals surface area (Å²) < 4.78 is 34.0. The van der Waals surface area contributed by atoms with Crippen molar-refractivity contribution in [3.8, 4) is 5.75 Å². The van der Waals surface area contributed by atoms with Gasteiger partial charge in [-0.15, -0.1) is 0 Å². The topological polar surface area (TPSA) is 84.3 Å². The van der Waals surface area contributed by atoms with Gasteiger partial charge < -0.3 is 9.57 Å². The molecule has 9 heteroatoms. The summed E-state index contributed by atoms with van der Waals surface area (Å²) in [5.41, 5.74) is 3.97. The predicted octanol–water partition coefficient (Wildman–Crippen LogP) is 3.86. The molecule has 0 unspecified atom stereocenters. The molecule has 2 heterocycles. The van der Waals surface area contributed by atoms with Crippen molar-refractivity contribution in [2.45, 2.75) is 39.0 Å². The first kappa shape index (κ1) is 22.1. The number of benzene rings is 1. The third-order valence-electron chi connectivity index (χ3n) is 5.44. The SMILES string of the molecule is CCON=C1CCc2cc(OCCCCCN3C=CN(c4ccncc4)S3(=O)=O)ccc21. The normalized spacial score (nSPS) is 17.7. The highest BCUT2D eigenvalue weighted by Crippen LogP contribution is 2.28. The molecule has 32 heavy (non-hydrogen) atoms. The lowest BCUT2D eigenvalue weighted by Crippen LogP contribution is -2.33. The summed E-state index contributed by atoms with van der Waals surface area (Å²) >= 11 is 0. The van der Waals surface area contributed by atoms with Crippen molar-refractivity contribution in [3.63, 3.8) is 0 Å². The fourth-order valence-electron chi connectivity index (χ4n) is 3.81. The van der Waals surface area contributed by atoms with E-state index >= 15 is 0 Å². The molecule has 0 radical (unpaired) electrons. The van der Waals surface area contributed by atoms with Crippen LogP contribution in [0.3, 0.4) is 0 Å². The average molecular weight is 457 g/mol. The van der Waals surface area contributed by atoms with Gasteiger partial charge in [-0.3, -0.25) is 9.29 Å². The molecule has 1 aliphatic carbocycles. The number of hydrogen-bond donors (Lipinski definition) is 0. The summed E-state index contributed by atoms with van der Waals surface area (Å²) in [6.07, 6.45) is 10.7. The smallest absolute Gasteiger partial charge is 0.329 e. The monoisotopic (exact) mass is 456 g/mol. The molecule has 0 spiro atoms. The molecule has 0 amide bonds. The molecule has 0 saturated heterocycles. The summed E-state index contributed by atoms with van der Waals surface area (Å²) in [5.74, 6) is 0.861. The molecule has 170 valence electrons. The van der Waals surface area contributed by atoms with Gasteiger partial charge in [0.2, 0.25) is 0 Å². The first-order valence-electron chi connectivity index (χ1n) is 10.9. The molecule has 1 aromatic heterocycles. The number of rotatable bonds is 10. The molecule has 1 aromatic carbocycles. The van der Waals surface area contributed by atoms with Crippen LogP contribution in [0.4, 0.5) is 5.69 Å². The van der Waals surface area contributed by atoms with Crippen LogP contribution in [0, 0.1) is 0 Å². The van der Waals surface area contributed by atoms with Crippen LogP contribution >= 0.6 is 0 Å². The van der Waals surface area contributed by atoms with Gasteiger partial charge >= 0.3 is 10.2 Å². The summed E-state index contributed by atoms with van der Waals surface area (Å²) in [6, 6.07) is 9.46. The highest BCUT2D eigenvalue weighted by atomic mass is 32.2. The zero-order valence-corrected chi connectivity index (χ0v) is 19.0. The minimum atomic E-state index is -3.56. The van der Waals surface area contributed by atoms with Gasteiger partial charge in [-0.25, -0.2) is 4.31 Å². The van der Waals surface area contributed by atoms with Crippen LogP contribution in [-0.2, 0) is 21.5 Å². The van der Waals surface area contributed by atoms with Crippen LogP contribution in [0.2, 0.25) is 0 Å². The highest BCUT2D eigenvalue weighted by molar-refractivity contribution is 7.91. The molecule has 8 nitrogen and oxygen atoms in total. The second-order valence-corrected chi connectivity index (χ2v) is 9.36. The van der Waals surface area contributed by atoms with Crippen molar-refractivity contribution in [3.05, 3.63) is 66.3 Å². The molecular formula is C23H28N4O4S. The molecule has 0 N–H and O–H groups in total. The van der Waals surface area contributed by atoms with Crippen LogP contribution in [0.1, 0.15) is 43.7 Å². The van der Waals surface area contributed by atoms with E-state index in [1.807, 2.05) is 13.0 Å². The Labute approximate surface area is 189 Å². The van der Waals surface area contributed by atoms with Crippen LogP contribution in [0.25, 0.3) is 0 Å². The third kappa shape index (κ3) is 4.88. The van der Waals surface area contributed by atoms with Gasteiger partial charge in [0.15, 0.2) is 0 Å². The van der Waals surface area contributed by atoms with Crippen molar-refractivity contribution < 1.29 is 18.0 Å². The number of aryl methyl sites for hydroxylation is 1. The molecule has 0 atom stereocenters. The second-order valence-electron chi connectivity index (χ2n) is 7.60. The molecule has 0 bridgehead atoms. The number of unbranched alkanes of at least 4 members (excludes halogenated alkanes) is 2. The van der Waals surface area contributed by atoms with Gasteiger partial charge in [0.05, 0.1) is 18.0 Å². The van der Waals surface area contributed by atoms with E-state index in [-0.39, 0.29) is 0 Å². The van der Waals surface area contributed by atoms with E-state index in [4.69, 9.17) is 9.57 Å². The van der Waals surface area contributed by atoms with E-state index in [2.05, 4.69) is 22.3 Å². The Morgan fingerprint density at radius 2 is 1.91 bits per heavy atom. The molecule has 1 aliphatic heterocycles. The summed E-state index contributed by atoms with van der Waals surface area (Å²) in [7, 11) is -3.56. The van der Waals surface area contributed by atoms with Gasteiger partial charge in [0.25, 0.3) is 0 Å². The molecule has 2 aliphatic rings. The molecule has 0 saturated carbocycles. The summed E-state index contributed by atoms with van der Waals surface area (Å²) in [4.78, 5) is 9.12. The van der Waals surface area contributed by atoms with Crippen molar-refractivity contribution >= 4 is 21.6 Å². The molecule has 4 rings (SSSR count). The maximum absolute atomic E-state index is 12.7. The number of nitrogens with zero attached hydrogens (tertiary/aromatic N) is 4. The minimum absolute atomic E-state index is 0.446. The van der Waals surface area contributed by atoms with E-state index in [0.29, 0.717) is 25.4 Å². The summed E-state index contributed by atoms with van der Waals surface area (Å²) in [6.45, 7) is 3.55. The van der Waals surface area contributed by atoms with Crippen LogP contribution in [0.5, 0.6) is 5.75 Å². The van der Waals surface area contributed by atoms with Crippen LogP contribution < -0.4 is 9.04 Å². The Morgan fingerprint density at radius 1 is 1.06 bits per heavy atom. The number of aromatic nitrogens is 1. The lowest BCUT2D eigenvalue weighted by atomic mass is 10.1. The van der Waals surface area contributed by atoms with Crippen LogP contribution in [-0.4, -0.2) is 43.2 Å². The van der Waals surface area contributed by atoms with Gasteiger partial charge in [0, 0.05) is 36.9 Å². The van der Waals surface area contributed by atoms with E-state index in [1.54, 1.807) is 36.9 Å². The number of oxime groups is 1. The number of anilines is 1. The predicted molar refractivity (Wildman–Crippen MR) is 124 cm³/mol. The fourth-order valence-corrected chi connectivity index (χ4v) is 5.20. The van der Waals surface area contributed by atoms with Gasteiger partial charge in [-0.1, -0.05) is 5.16 Å². The Hall–Kier alpha value is -3.07. The Kier molecular flexibility index (Phi) is 6.94. The second kappa shape index (κ2) is 10.0. The zero-order valence-electron chi connectivity index (χ0n) is 18.2. The van der Waals surface area contributed by atoms with Crippen molar-refractivity contribution in [1.82, 2.24) is 9.29 Å². The largest absolute Gasteiger partial charge is 0.494 e. The quantitative estimate of drug-likeness (QED) is 0.400. The number of hydrogen-bond acceptors (Lipinski definition) is 6. The third-order valence-corrected chi connectivity index (χ3v) is 7.17. The maximum atomic E-state index is 12.7. The van der Waals surface area contributed by atoms with Gasteiger partial charge in [0.1, 0.15) is 12.4 Å². The van der Waals surface area contributed by atoms with Gasteiger partial charge in [-0.2, -0.15) is 8.42 Å². The van der Waals surface area contributed by atoms with E-state index in [0.717, 1.165) is 49.1 Å². The standard InChI is InChI=1S/C23H28N4O4S/c1-2-31-25-23-9-6-19-18-21(7-8-22(19)23)30-17-5-3-4-14-26-15-16-27(32(26,28)29)20-10-12-24-13-11-20/h7-8,10-13,15-16,18H,2-6,9,14,17H2,1H3. The molecule has 2 aromatic rings. The fraction of sp³-hybridized carbons (Fsp3) is 0.391. The minimum Gasteiger partial charge on any atom is -0.494 e. The Balaban J connectivity index is 1.19.